The van der Waals surface area contributed by atoms with Gasteiger partial charge in [0.2, 0.25) is 0 Å². The number of nitrogens with zero attached hydrogens (tertiary/aromatic N) is 1. The zero-order valence-electron chi connectivity index (χ0n) is 6.82. The van der Waals surface area contributed by atoms with Gasteiger partial charge in [0.25, 0.3) is 0 Å². The summed E-state index contributed by atoms with van der Waals surface area (Å²) in [7, 11) is 1.97. The first-order valence-electron chi connectivity index (χ1n) is 3.83. The molecule has 0 aliphatic carbocycles. The topological polar surface area (TPSA) is 22.0 Å². The lowest BCUT2D eigenvalue weighted by atomic mass is 10.3. The van der Waals surface area contributed by atoms with Crippen molar-refractivity contribution in [1.29, 1.82) is 0 Å². The fourth-order valence-corrected chi connectivity index (χ4v) is 1.30. The van der Waals surface area contributed by atoms with E-state index in [4.69, 9.17) is 0 Å². The van der Waals surface area contributed by atoms with Crippen molar-refractivity contribution < 1.29 is 0 Å². The van der Waals surface area contributed by atoms with Gasteiger partial charge in [-0.3, -0.25) is 4.79 Å². The third-order valence-corrected chi connectivity index (χ3v) is 1.99. The van der Waals surface area contributed by atoms with Crippen LogP contribution in [0.3, 0.4) is 0 Å². The van der Waals surface area contributed by atoms with Crippen LogP contribution in [0.5, 0.6) is 0 Å². The van der Waals surface area contributed by atoms with Crippen LogP contribution in [-0.4, -0.2) is 4.57 Å². The van der Waals surface area contributed by atoms with Crippen LogP contribution >= 0.6 is 0 Å². The highest BCUT2D eigenvalue weighted by Gasteiger charge is 1.93. The van der Waals surface area contributed by atoms with Crippen molar-refractivity contribution in [3.05, 3.63) is 46.8 Å². The molecule has 1 heterocycles. The summed E-state index contributed by atoms with van der Waals surface area (Å²) in [5.74, 6) is 0. The molecule has 2 rings (SSSR count). The van der Waals surface area contributed by atoms with Crippen LogP contribution < -0.4 is 5.43 Å². The van der Waals surface area contributed by atoms with Gasteiger partial charge in [-0.25, -0.2) is 0 Å². The van der Waals surface area contributed by atoms with E-state index in [1.807, 2.05) is 36.0 Å². The predicted octanol–water partition coefficient (Wildman–Crippen LogP) is 1.54. The van der Waals surface area contributed by atoms with Crippen LogP contribution in [0.25, 0.3) is 10.9 Å². The van der Waals surface area contributed by atoms with E-state index in [9.17, 15) is 4.79 Å². The Morgan fingerprint density at radius 3 is 2.67 bits per heavy atom. The van der Waals surface area contributed by atoms with Gasteiger partial charge in [0.15, 0.2) is 5.43 Å². The van der Waals surface area contributed by atoms with Crippen molar-refractivity contribution in [3.8, 4) is 0 Å². The molecule has 0 aliphatic heterocycles. The van der Waals surface area contributed by atoms with Gasteiger partial charge >= 0.3 is 0 Å². The van der Waals surface area contributed by atoms with Crippen LogP contribution in [-0.2, 0) is 7.05 Å². The second-order valence-corrected chi connectivity index (χ2v) is 2.84. The van der Waals surface area contributed by atoms with Gasteiger partial charge in [0, 0.05) is 18.8 Å². The second kappa shape index (κ2) is 2.48. The summed E-state index contributed by atoms with van der Waals surface area (Å²) < 4.78 is 1.99. The molecule has 60 valence electrons. The fraction of sp³-hybridized carbons (Fsp3) is 0.100. The van der Waals surface area contributed by atoms with E-state index in [-0.39, 0.29) is 5.43 Å². The van der Waals surface area contributed by atoms with Crippen molar-refractivity contribution in [2.24, 2.45) is 7.05 Å². The van der Waals surface area contributed by atoms with E-state index >= 15 is 0 Å². The molecule has 0 amide bonds. The van der Waals surface area contributed by atoms with Crippen LogP contribution in [0.2, 0.25) is 0 Å². The van der Waals surface area contributed by atoms with Gasteiger partial charge in [0.1, 0.15) is 0 Å². The Balaban J connectivity index is 2.96. The number of hydrogen-bond donors (Lipinski definition) is 0. The van der Waals surface area contributed by atoms with Crippen molar-refractivity contribution >= 4 is 10.9 Å². The number of aromatic nitrogens is 1. The van der Waals surface area contributed by atoms with E-state index in [1.165, 1.54) is 0 Å². The van der Waals surface area contributed by atoms with E-state index in [1.54, 1.807) is 12.1 Å². The Morgan fingerprint density at radius 2 is 1.83 bits per heavy atom. The SMILES string of the molecule is Cn1ccc2ccc(=O)ccc21. The minimum absolute atomic E-state index is 0.0474. The first kappa shape index (κ1) is 7.10. The maximum absolute atomic E-state index is 11.0. The Labute approximate surface area is 70.1 Å². The highest BCUT2D eigenvalue weighted by molar-refractivity contribution is 5.79. The fourth-order valence-electron chi connectivity index (χ4n) is 1.30. The van der Waals surface area contributed by atoms with Crippen LogP contribution in [0.1, 0.15) is 0 Å². The van der Waals surface area contributed by atoms with E-state index in [0.29, 0.717) is 0 Å². The standard InChI is InChI=1S/C10H9NO/c1-11-7-6-8-2-3-9(12)4-5-10(8)11/h2-7H,1H3. The summed E-state index contributed by atoms with van der Waals surface area (Å²) in [6, 6.07) is 8.86. The molecule has 1 aromatic carbocycles. The lowest BCUT2D eigenvalue weighted by molar-refractivity contribution is 0.969. The molecule has 0 saturated heterocycles. The minimum atomic E-state index is 0.0474. The van der Waals surface area contributed by atoms with Crippen molar-refractivity contribution in [2.45, 2.75) is 0 Å². The minimum Gasteiger partial charge on any atom is -0.351 e. The highest BCUT2D eigenvalue weighted by Crippen LogP contribution is 2.10. The van der Waals surface area contributed by atoms with Crippen LogP contribution in [0, 0.1) is 0 Å². The lowest BCUT2D eigenvalue weighted by Crippen LogP contribution is -1.88. The largest absolute Gasteiger partial charge is 0.351 e. The summed E-state index contributed by atoms with van der Waals surface area (Å²) >= 11 is 0. The predicted molar refractivity (Wildman–Crippen MR) is 49.2 cm³/mol. The first-order valence-corrected chi connectivity index (χ1v) is 3.83. The summed E-state index contributed by atoms with van der Waals surface area (Å²) in [6.45, 7) is 0. The highest BCUT2D eigenvalue weighted by atomic mass is 16.1. The molecule has 12 heavy (non-hydrogen) atoms. The van der Waals surface area contributed by atoms with Gasteiger partial charge < -0.3 is 4.57 Å². The first-order chi connectivity index (χ1) is 5.77. The van der Waals surface area contributed by atoms with Crippen molar-refractivity contribution in [1.82, 2.24) is 4.57 Å². The molecule has 0 bridgehead atoms. The number of aryl methyl sites for hydroxylation is 1. The van der Waals surface area contributed by atoms with Gasteiger partial charge in [-0.2, -0.15) is 0 Å². The molecule has 0 radical (unpaired) electrons. The maximum atomic E-state index is 11.0. The average molecular weight is 159 g/mol. The molecule has 0 spiro atoms. The molecule has 0 atom stereocenters. The van der Waals surface area contributed by atoms with Gasteiger partial charge in [0.05, 0.1) is 0 Å². The molecular weight excluding hydrogens is 150 g/mol. The van der Waals surface area contributed by atoms with E-state index in [2.05, 4.69) is 0 Å². The Kier molecular flexibility index (Phi) is 1.47. The molecule has 0 N–H and O–H groups in total. The van der Waals surface area contributed by atoms with Crippen LogP contribution in [0.4, 0.5) is 0 Å². The van der Waals surface area contributed by atoms with E-state index in [0.717, 1.165) is 10.9 Å². The normalized spacial score (nSPS) is 10.4. The summed E-state index contributed by atoms with van der Waals surface area (Å²) in [5.41, 5.74) is 1.13. The number of fused-ring (bicyclic) bond motifs is 1. The molecule has 2 aromatic rings. The van der Waals surface area contributed by atoms with E-state index < -0.39 is 0 Å². The summed E-state index contributed by atoms with van der Waals surface area (Å²) in [4.78, 5) is 11.0. The molecule has 1 aromatic heterocycles. The smallest absolute Gasteiger partial charge is 0.178 e. The zero-order chi connectivity index (χ0) is 8.55. The Hall–Kier alpha value is -1.57. The van der Waals surface area contributed by atoms with Gasteiger partial charge in [-0.1, -0.05) is 0 Å². The Bertz CT molecular complexity index is 470. The summed E-state index contributed by atoms with van der Waals surface area (Å²) in [6.07, 6.45) is 1.98. The molecule has 0 fully saturated rings. The Morgan fingerprint density at radius 1 is 1.08 bits per heavy atom. The third kappa shape index (κ3) is 1.01. The molecule has 2 heteroatoms. The van der Waals surface area contributed by atoms with Crippen molar-refractivity contribution in [3.63, 3.8) is 0 Å². The molecule has 0 aliphatic rings. The molecular formula is C10H9NO. The number of hydrogen-bond acceptors (Lipinski definition) is 1. The summed E-state index contributed by atoms with van der Waals surface area (Å²) in [5, 5.41) is 1.10. The quantitative estimate of drug-likeness (QED) is 0.571. The number of rotatable bonds is 0. The van der Waals surface area contributed by atoms with Crippen molar-refractivity contribution in [2.75, 3.05) is 0 Å². The molecule has 0 unspecified atom stereocenters. The maximum Gasteiger partial charge on any atom is 0.178 e. The lowest BCUT2D eigenvalue weighted by Gasteiger charge is -1.89. The van der Waals surface area contributed by atoms with Gasteiger partial charge in [-0.05, 0) is 35.7 Å². The van der Waals surface area contributed by atoms with Gasteiger partial charge in [-0.15, -0.1) is 0 Å². The third-order valence-electron chi connectivity index (χ3n) is 1.99. The monoisotopic (exact) mass is 159 g/mol. The second-order valence-electron chi connectivity index (χ2n) is 2.84. The van der Waals surface area contributed by atoms with Crippen LogP contribution in [0.15, 0.2) is 41.3 Å². The molecule has 2 nitrogen and oxygen atoms in total. The average Bonchev–Trinajstić information content (AvgIpc) is 2.28. The zero-order valence-corrected chi connectivity index (χ0v) is 6.82. The molecule has 0 saturated carbocycles.